The van der Waals surface area contributed by atoms with Crippen LogP contribution in [0.4, 0.5) is 0 Å². The number of imide groups is 1. The zero-order valence-electron chi connectivity index (χ0n) is 23.3. The van der Waals surface area contributed by atoms with Crippen molar-refractivity contribution < 1.29 is 9.59 Å². The van der Waals surface area contributed by atoms with Crippen LogP contribution in [0.2, 0.25) is 0 Å². The normalized spacial score (nSPS) is 22.0. The van der Waals surface area contributed by atoms with Gasteiger partial charge in [-0.2, -0.15) is 10.1 Å². The summed E-state index contributed by atoms with van der Waals surface area (Å²) >= 11 is 0. The Hall–Kier alpha value is -5.29. The van der Waals surface area contributed by atoms with Crippen molar-refractivity contribution >= 4 is 39.7 Å². The second-order valence-corrected chi connectivity index (χ2v) is 11.9. The molecule has 10 rings (SSSR count). The number of hydrogen-bond acceptors (Lipinski definition) is 3. The first-order valence-corrected chi connectivity index (χ1v) is 14.8. The van der Waals surface area contributed by atoms with E-state index in [1.54, 1.807) is 6.21 Å². The van der Waals surface area contributed by atoms with Gasteiger partial charge in [-0.1, -0.05) is 109 Å². The van der Waals surface area contributed by atoms with E-state index in [9.17, 15) is 9.59 Å². The zero-order chi connectivity index (χ0) is 28.7. The van der Waals surface area contributed by atoms with Crippen molar-refractivity contribution in [3.63, 3.8) is 0 Å². The van der Waals surface area contributed by atoms with Gasteiger partial charge in [0.1, 0.15) is 0 Å². The molecule has 1 aliphatic heterocycles. The third kappa shape index (κ3) is 3.42. The summed E-state index contributed by atoms with van der Waals surface area (Å²) in [7, 11) is 0. The van der Waals surface area contributed by atoms with E-state index in [0.717, 1.165) is 43.7 Å². The summed E-state index contributed by atoms with van der Waals surface area (Å²) in [6, 6.07) is 39.6. The molecule has 1 aromatic heterocycles. The Morgan fingerprint density at radius 1 is 0.605 bits per heavy atom. The number of aromatic nitrogens is 1. The van der Waals surface area contributed by atoms with Gasteiger partial charge < -0.3 is 4.57 Å². The number of para-hydroxylation sites is 1. The standard InChI is InChI=1S/C38H27N3O2/c42-37-35-33-28-15-3-4-16-29(28)34(31-18-6-5-17-30(31)33)36(35)38(43)41(37)39-20-25-22-40(32-19-8-7-14-27(25)32)21-24-12-9-11-23-10-1-2-13-26(23)24/h1-20,22,33-36H,21H2/b39-20+. The van der Waals surface area contributed by atoms with Crippen molar-refractivity contribution in [2.45, 2.75) is 18.4 Å². The Balaban J connectivity index is 1.09. The van der Waals surface area contributed by atoms with E-state index >= 15 is 0 Å². The second kappa shape index (κ2) is 9.10. The molecule has 6 aromatic rings. The van der Waals surface area contributed by atoms with Crippen LogP contribution in [-0.4, -0.2) is 27.6 Å². The molecule has 1 fully saturated rings. The van der Waals surface area contributed by atoms with Crippen LogP contribution < -0.4 is 0 Å². The van der Waals surface area contributed by atoms with Gasteiger partial charge in [0.15, 0.2) is 0 Å². The fourth-order valence-corrected chi connectivity index (χ4v) is 8.02. The Labute approximate surface area is 248 Å². The lowest BCUT2D eigenvalue weighted by atomic mass is 9.55. The Kier molecular flexibility index (Phi) is 5.15. The smallest absolute Gasteiger partial charge is 0.254 e. The number of nitrogens with zero attached hydrogens (tertiary/aromatic N) is 3. The van der Waals surface area contributed by atoms with Crippen LogP contribution in [0.3, 0.4) is 0 Å². The predicted molar refractivity (Wildman–Crippen MR) is 168 cm³/mol. The molecule has 5 nitrogen and oxygen atoms in total. The number of amides is 2. The summed E-state index contributed by atoms with van der Waals surface area (Å²) in [5.41, 5.74) is 7.83. The minimum Gasteiger partial charge on any atom is -0.342 e. The highest BCUT2D eigenvalue weighted by Crippen LogP contribution is 2.61. The highest BCUT2D eigenvalue weighted by atomic mass is 16.2. The van der Waals surface area contributed by atoms with Gasteiger partial charge in [-0.05, 0) is 44.7 Å². The van der Waals surface area contributed by atoms with E-state index in [1.165, 1.54) is 16.3 Å². The van der Waals surface area contributed by atoms with Gasteiger partial charge in [0, 0.05) is 41.0 Å². The summed E-state index contributed by atoms with van der Waals surface area (Å²) in [4.78, 5) is 28.0. The quantitative estimate of drug-likeness (QED) is 0.172. The molecular formula is C38H27N3O2. The minimum absolute atomic E-state index is 0.137. The summed E-state index contributed by atoms with van der Waals surface area (Å²) < 4.78 is 2.22. The highest BCUT2D eigenvalue weighted by Gasteiger charge is 2.61. The maximum Gasteiger partial charge on any atom is 0.254 e. The lowest BCUT2D eigenvalue weighted by molar-refractivity contribution is -0.139. The van der Waals surface area contributed by atoms with Gasteiger partial charge in [-0.25, -0.2) is 0 Å². The molecule has 5 heteroatoms. The summed E-state index contributed by atoms with van der Waals surface area (Å²) in [5, 5.41) is 9.24. The van der Waals surface area contributed by atoms with E-state index in [-0.39, 0.29) is 23.7 Å². The minimum atomic E-state index is -0.438. The number of hydrogen-bond donors (Lipinski definition) is 0. The molecule has 1 saturated heterocycles. The first kappa shape index (κ1) is 24.3. The van der Waals surface area contributed by atoms with Gasteiger partial charge in [0.2, 0.25) is 0 Å². The second-order valence-electron chi connectivity index (χ2n) is 11.9. The lowest BCUT2D eigenvalue weighted by Gasteiger charge is -2.45. The fraction of sp³-hybridized carbons (Fsp3) is 0.132. The number of benzene rings is 5. The maximum absolute atomic E-state index is 14.0. The number of carbonyl (C=O) groups excluding carboxylic acids is 2. The van der Waals surface area contributed by atoms with Crippen LogP contribution >= 0.6 is 0 Å². The Morgan fingerprint density at radius 3 is 1.79 bits per heavy atom. The Bertz CT molecular complexity index is 2040. The van der Waals surface area contributed by atoms with Crippen LogP contribution in [0.1, 0.15) is 45.2 Å². The van der Waals surface area contributed by atoms with Crippen LogP contribution in [0.25, 0.3) is 21.7 Å². The van der Waals surface area contributed by atoms with Gasteiger partial charge in [0.25, 0.3) is 11.8 Å². The molecule has 4 aliphatic rings. The predicted octanol–water partition coefficient (Wildman–Crippen LogP) is 7.07. The molecule has 2 amide bonds. The molecule has 0 N–H and O–H groups in total. The number of rotatable bonds is 4. The lowest BCUT2D eigenvalue weighted by Crippen LogP contribution is -2.41. The molecule has 2 atom stereocenters. The van der Waals surface area contributed by atoms with Crippen LogP contribution in [-0.2, 0) is 16.1 Å². The van der Waals surface area contributed by atoms with E-state index in [0.29, 0.717) is 6.54 Å². The van der Waals surface area contributed by atoms with Crippen LogP contribution in [0, 0.1) is 11.8 Å². The molecule has 3 aliphatic carbocycles. The molecule has 2 heterocycles. The van der Waals surface area contributed by atoms with Gasteiger partial charge in [-0.15, -0.1) is 0 Å². The van der Waals surface area contributed by atoms with Crippen molar-refractivity contribution in [2.75, 3.05) is 0 Å². The van der Waals surface area contributed by atoms with Gasteiger partial charge in [0.05, 0.1) is 18.1 Å². The molecule has 2 unspecified atom stereocenters. The summed E-state index contributed by atoms with van der Waals surface area (Å²) in [6.07, 6.45) is 3.76. The number of hydrazone groups is 1. The van der Waals surface area contributed by atoms with Crippen molar-refractivity contribution in [1.29, 1.82) is 0 Å². The number of carbonyl (C=O) groups is 2. The van der Waals surface area contributed by atoms with Crippen molar-refractivity contribution in [2.24, 2.45) is 16.9 Å². The highest BCUT2D eigenvalue weighted by molar-refractivity contribution is 6.09. The summed E-state index contributed by atoms with van der Waals surface area (Å²) in [6.45, 7) is 0.696. The van der Waals surface area contributed by atoms with Gasteiger partial charge >= 0.3 is 0 Å². The average Bonchev–Trinajstić information content (AvgIpc) is 3.53. The van der Waals surface area contributed by atoms with Crippen molar-refractivity contribution in [3.05, 3.63) is 155 Å². The molecule has 2 bridgehead atoms. The van der Waals surface area contributed by atoms with Crippen LogP contribution in [0.15, 0.2) is 127 Å². The Morgan fingerprint density at radius 2 is 1.14 bits per heavy atom. The molecule has 0 spiro atoms. The summed E-state index contributed by atoms with van der Waals surface area (Å²) in [5.74, 6) is -1.56. The molecule has 0 radical (unpaired) electrons. The maximum atomic E-state index is 14.0. The number of fused-ring (bicyclic) bond motifs is 2. The molecule has 5 aromatic carbocycles. The topological polar surface area (TPSA) is 54.7 Å². The monoisotopic (exact) mass is 557 g/mol. The molecule has 43 heavy (non-hydrogen) atoms. The average molecular weight is 558 g/mol. The van der Waals surface area contributed by atoms with E-state index in [4.69, 9.17) is 0 Å². The van der Waals surface area contributed by atoms with Crippen molar-refractivity contribution in [1.82, 2.24) is 9.58 Å². The fourth-order valence-electron chi connectivity index (χ4n) is 8.02. The largest absolute Gasteiger partial charge is 0.342 e. The van der Waals surface area contributed by atoms with E-state index in [1.807, 2.05) is 36.4 Å². The zero-order valence-corrected chi connectivity index (χ0v) is 23.3. The first-order valence-electron chi connectivity index (χ1n) is 14.8. The molecule has 0 saturated carbocycles. The van der Waals surface area contributed by atoms with E-state index in [2.05, 4.69) is 94.7 Å². The van der Waals surface area contributed by atoms with Crippen LogP contribution in [0.5, 0.6) is 0 Å². The third-order valence-electron chi connectivity index (χ3n) is 9.78. The third-order valence-corrected chi connectivity index (χ3v) is 9.78. The first-order chi connectivity index (χ1) is 21.2. The molecule has 206 valence electrons. The van der Waals surface area contributed by atoms with Crippen molar-refractivity contribution in [3.8, 4) is 0 Å². The SMILES string of the molecule is O=C1C2C3c4ccccc4C(c4ccccc43)C2C(=O)N1/N=C/c1cn(Cc2cccc3ccccc23)c2ccccc12. The van der Waals surface area contributed by atoms with E-state index < -0.39 is 11.8 Å². The van der Waals surface area contributed by atoms with Gasteiger partial charge in [-0.3, -0.25) is 9.59 Å². The molecular weight excluding hydrogens is 530 g/mol.